The van der Waals surface area contributed by atoms with Gasteiger partial charge < -0.3 is 8.97 Å². The highest BCUT2D eigenvalue weighted by Crippen LogP contribution is 2.31. The van der Waals surface area contributed by atoms with Crippen LogP contribution in [0.2, 0.25) is 0 Å². The van der Waals surface area contributed by atoms with Gasteiger partial charge >= 0.3 is 11.4 Å². The molecule has 29 heavy (non-hydrogen) atoms. The van der Waals surface area contributed by atoms with Crippen molar-refractivity contribution in [3.05, 3.63) is 83.4 Å². The van der Waals surface area contributed by atoms with Crippen LogP contribution in [0.4, 0.5) is 13.2 Å². The molecule has 0 radical (unpaired) electrons. The van der Waals surface area contributed by atoms with Crippen LogP contribution in [0, 0.1) is 6.92 Å². The Balaban J connectivity index is 1.57. The normalized spacial score (nSPS) is 13.0. The Morgan fingerprint density at radius 1 is 1.00 bits per heavy atom. The molecule has 0 aliphatic rings. The molecule has 0 fully saturated rings. The molecule has 0 amide bonds. The predicted molar refractivity (Wildman–Crippen MR) is 106 cm³/mol. The van der Waals surface area contributed by atoms with E-state index in [2.05, 4.69) is 4.98 Å². The molecule has 4 aromatic rings. The smallest absolute Gasteiger partial charge is 0.416 e. The van der Waals surface area contributed by atoms with Crippen molar-refractivity contribution in [1.82, 2.24) is 4.98 Å². The van der Waals surface area contributed by atoms with E-state index in [1.807, 2.05) is 43.3 Å². The van der Waals surface area contributed by atoms with Gasteiger partial charge in [-0.25, -0.2) is 0 Å². The van der Waals surface area contributed by atoms with Gasteiger partial charge in [-0.05, 0) is 47.9 Å². The third kappa shape index (κ3) is 4.16. The monoisotopic (exact) mass is 415 g/mol. The van der Waals surface area contributed by atoms with Crippen LogP contribution in [0.5, 0.6) is 0 Å². The molecule has 1 unspecified atom stereocenters. The van der Waals surface area contributed by atoms with E-state index in [-0.39, 0.29) is 11.0 Å². The molecule has 1 atom stereocenters. The number of nitrogens with zero attached hydrogens (tertiary/aromatic N) is 1. The van der Waals surface area contributed by atoms with E-state index >= 15 is 0 Å². The summed E-state index contributed by atoms with van der Waals surface area (Å²) in [5.74, 6) is 0.0234. The van der Waals surface area contributed by atoms with E-state index in [0.29, 0.717) is 16.7 Å². The third-order valence-electron chi connectivity index (χ3n) is 4.60. The van der Waals surface area contributed by atoms with E-state index in [0.717, 1.165) is 28.8 Å². The standard InChI is InChI=1S/C22H16F3NO2S/c1-14-4-2-3-5-18(14)16-8-11-19-20(12-16)28-21(26-19)29(27)13-15-6-9-17(10-7-15)22(23,24)25/h2-12H,13H2,1H3. The van der Waals surface area contributed by atoms with E-state index in [1.54, 1.807) is 6.07 Å². The van der Waals surface area contributed by atoms with Crippen LogP contribution in [0.1, 0.15) is 16.7 Å². The molecule has 148 valence electrons. The number of alkyl halides is 3. The molecule has 4 rings (SSSR count). The number of fused-ring (bicyclic) bond motifs is 1. The topological polar surface area (TPSA) is 49.1 Å². The fourth-order valence-corrected chi connectivity index (χ4v) is 4.07. The molecule has 0 aliphatic carbocycles. The molecule has 1 aromatic heterocycles. The molecule has 1 heterocycles. The van der Waals surface area contributed by atoms with Crippen molar-refractivity contribution in [1.29, 1.82) is 0 Å². The van der Waals surface area contributed by atoms with Crippen molar-refractivity contribution < 1.29 is 22.1 Å². The Labute approximate surface area is 168 Å². The fourth-order valence-electron chi connectivity index (χ4n) is 3.07. The average Bonchev–Trinajstić information content (AvgIpc) is 3.11. The zero-order chi connectivity index (χ0) is 20.6. The minimum Gasteiger partial charge on any atom is -0.607 e. The highest BCUT2D eigenvalue weighted by Gasteiger charge is 2.30. The second-order valence-corrected chi connectivity index (χ2v) is 7.99. The summed E-state index contributed by atoms with van der Waals surface area (Å²) in [6.07, 6.45) is -4.40. The minimum absolute atomic E-state index is 0.0234. The molecule has 0 saturated heterocycles. The summed E-state index contributed by atoms with van der Waals surface area (Å²) in [6, 6.07) is 18.1. The molecule has 3 nitrogen and oxygen atoms in total. The van der Waals surface area contributed by atoms with Crippen molar-refractivity contribution in [3.8, 4) is 11.1 Å². The number of oxazole rings is 1. The van der Waals surface area contributed by atoms with Gasteiger partial charge in [0.2, 0.25) is 0 Å². The zero-order valence-corrected chi connectivity index (χ0v) is 16.2. The SMILES string of the molecule is Cc1ccccc1-c1ccc2nc([S+]([O-])Cc3ccc(C(F)(F)F)cc3)oc2c1. The van der Waals surface area contributed by atoms with Gasteiger partial charge in [-0.3, -0.25) is 0 Å². The summed E-state index contributed by atoms with van der Waals surface area (Å²) in [5.41, 5.74) is 4.03. The largest absolute Gasteiger partial charge is 0.607 e. The molecular formula is C22H16F3NO2S. The highest BCUT2D eigenvalue weighted by atomic mass is 32.2. The number of halogens is 3. The first-order valence-electron chi connectivity index (χ1n) is 8.82. The Hall–Kier alpha value is -2.77. The van der Waals surface area contributed by atoms with Crippen LogP contribution in [0.25, 0.3) is 22.2 Å². The average molecular weight is 415 g/mol. The van der Waals surface area contributed by atoms with Crippen molar-refractivity contribution in [3.63, 3.8) is 0 Å². The Morgan fingerprint density at radius 2 is 1.72 bits per heavy atom. The second-order valence-electron chi connectivity index (χ2n) is 6.66. The lowest BCUT2D eigenvalue weighted by Crippen LogP contribution is -2.07. The van der Waals surface area contributed by atoms with Crippen molar-refractivity contribution >= 4 is 22.3 Å². The molecule has 0 N–H and O–H groups in total. The molecule has 0 spiro atoms. The fraction of sp³-hybridized carbons (Fsp3) is 0.136. The quantitative estimate of drug-likeness (QED) is 0.377. The Kier molecular flexibility index (Phi) is 5.10. The van der Waals surface area contributed by atoms with Crippen LogP contribution in [0.15, 0.2) is 76.4 Å². The van der Waals surface area contributed by atoms with Crippen LogP contribution < -0.4 is 0 Å². The maximum atomic E-state index is 12.7. The van der Waals surface area contributed by atoms with E-state index in [1.165, 1.54) is 12.1 Å². The van der Waals surface area contributed by atoms with Gasteiger partial charge in [-0.1, -0.05) is 42.5 Å². The van der Waals surface area contributed by atoms with E-state index < -0.39 is 22.9 Å². The number of benzene rings is 3. The molecule has 0 bridgehead atoms. The molecule has 7 heteroatoms. The first kappa shape index (κ1) is 19.5. The molecule has 3 aromatic carbocycles. The van der Waals surface area contributed by atoms with Crippen LogP contribution in [-0.2, 0) is 23.1 Å². The molecular weight excluding hydrogens is 399 g/mol. The third-order valence-corrected chi connectivity index (χ3v) is 5.76. The minimum atomic E-state index is -4.40. The summed E-state index contributed by atoms with van der Waals surface area (Å²) in [7, 11) is 0. The predicted octanol–water partition coefficient (Wildman–Crippen LogP) is 6.13. The number of aromatic nitrogens is 1. The van der Waals surface area contributed by atoms with Crippen LogP contribution in [-0.4, -0.2) is 9.54 Å². The summed E-state index contributed by atoms with van der Waals surface area (Å²) < 4.78 is 56.3. The summed E-state index contributed by atoms with van der Waals surface area (Å²) in [4.78, 5) is 4.28. The highest BCUT2D eigenvalue weighted by molar-refractivity contribution is 7.90. The number of rotatable bonds is 4. The first-order valence-corrected chi connectivity index (χ1v) is 10.1. The summed E-state index contributed by atoms with van der Waals surface area (Å²) in [6.45, 7) is 2.02. The first-order chi connectivity index (χ1) is 13.8. The van der Waals surface area contributed by atoms with Crippen molar-refractivity contribution in [2.45, 2.75) is 24.1 Å². The maximum Gasteiger partial charge on any atom is 0.416 e. The lowest BCUT2D eigenvalue weighted by molar-refractivity contribution is -0.137. The lowest BCUT2D eigenvalue weighted by atomic mass is 10.0. The maximum absolute atomic E-state index is 12.7. The van der Waals surface area contributed by atoms with E-state index in [4.69, 9.17) is 4.42 Å². The second kappa shape index (κ2) is 7.57. The molecule has 0 saturated carbocycles. The van der Waals surface area contributed by atoms with Crippen molar-refractivity contribution in [2.24, 2.45) is 0 Å². The van der Waals surface area contributed by atoms with Crippen LogP contribution in [0.3, 0.4) is 0 Å². The summed E-state index contributed by atoms with van der Waals surface area (Å²) in [5, 5.41) is 0.0573. The van der Waals surface area contributed by atoms with Gasteiger partial charge in [-0.15, -0.1) is 0 Å². The van der Waals surface area contributed by atoms with Gasteiger partial charge in [0.25, 0.3) is 0 Å². The van der Waals surface area contributed by atoms with E-state index in [9.17, 15) is 17.7 Å². The lowest BCUT2D eigenvalue weighted by Gasteiger charge is -2.08. The van der Waals surface area contributed by atoms with Crippen LogP contribution >= 0.6 is 0 Å². The molecule has 0 aliphatic heterocycles. The number of aryl methyl sites for hydroxylation is 1. The summed E-state index contributed by atoms with van der Waals surface area (Å²) >= 11 is -1.61. The van der Waals surface area contributed by atoms with Gasteiger partial charge in [0.15, 0.2) is 5.58 Å². The van der Waals surface area contributed by atoms with Crippen molar-refractivity contribution in [2.75, 3.05) is 0 Å². The van der Waals surface area contributed by atoms with Gasteiger partial charge in [0.1, 0.15) is 11.3 Å². The van der Waals surface area contributed by atoms with Gasteiger partial charge in [-0.2, -0.15) is 18.2 Å². The van der Waals surface area contributed by atoms with Gasteiger partial charge in [0.05, 0.1) is 16.7 Å². The Morgan fingerprint density at radius 3 is 2.41 bits per heavy atom. The number of hydrogen-bond donors (Lipinski definition) is 0. The Bertz CT molecular complexity index is 1150. The number of hydrogen-bond acceptors (Lipinski definition) is 3. The zero-order valence-electron chi connectivity index (χ0n) is 15.4. The van der Waals surface area contributed by atoms with Gasteiger partial charge in [0, 0.05) is 5.56 Å².